The second-order valence-corrected chi connectivity index (χ2v) is 5.67. The first-order valence-electron chi connectivity index (χ1n) is 7.38. The van der Waals surface area contributed by atoms with E-state index < -0.39 is 0 Å². The summed E-state index contributed by atoms with van der Waals surface area (Å²) in [5, 5.41) is 12.0. The highest BCUT2D eigenvalue weighted by molar-refractivity contribution is 6.01. The van der Waals surface area contributed by atoms with Gasteiger partial charge in [-0.25, -0.2) is 0 Å². The lowest BCUT2D eigenvalue weighted by Crippen LogP contribution is -2.44. The Bertz CT molecular complexity index is 553. The molecule has 1 heterocycles. The number of nitrogens with one attached hydrogen (secondary N) is 1. The summed E-state index contributed by atoms with van der Waals surface area (Å²) in [6.45, 7) is 0.409. The van der Waals surface area contributed by atoms with Gasteiger partial charge in [-0.15, -0.1) is 0 Å². The van der Waals surface area contributed by atoms with Crippen molar-refractivity contribution < 1.29 is 4.79 Å². The standard InChI is InChI=1S/C16H19N3O/c17-10-12-7-8-14-15(9-12)19(11-16(20)18-14)13-5-3-1-2-4-6-13/h7-9,13H,1-6,11H2,(H,18,20). The van der Waals surface area contributed by atoms with E-state index in [0.29, 0.717) is 18.2 Å². The number of nitrogens with zero attached hydrogens (tertiary/aromatic N) is 2. The Morgan fingerprint density at radius 1 is 1.20 bits per heavy atom. The van der Waals surface area contributed by atoms with Gasteiger partial charge in [-0.3, -0.25) is 4.79 Å². The maximum absolute atomic E-state index is 11.9. The van der Waals surface area contributed by atoms with Crippen molar-refractivity contribution >= 4 is 17.3 Å². The topological polar surface area (TPSA) is 56.1 Å². The van der Waals surface area contributed by atoms with Crippen molar-refractivity contribution in [1.29, 1.82) is 5.26 Å². The minimum Gasteiger partial charge on any atom is -0.358 e. The van der Waals surface area contributed by atoms with E-state index >= 15 is 0 Å². The minimum atomic E-state index is 0.0476. The minimum absolute atomic E-state index is 0.0476. The van der Waals surface area contributed by atoms with Gasteiger partial charge in [0.25, 0.3) is 0 Å². The number of hydrogen-bond donors (Lipinski definition) is 1. The summed E-state index contributed by atoms with van der Waals surface area (Å²) in [5.41, 5.74) is 2.50. The van der Waals surface area contributed by atoms with Crippen LogP contribution in [0, 0.1) is 11.3 Å². The molecule has 0 atom stereocenters. The van der Waals surface area contributed by atoms with Crippen LogP contribution in [0.4, 0.5) is 11.4 Å². The molecule has 20 heavy (non-hydrogen) atoms. The Labute approximate surface area is 119 Å². The molecule has 1 amide bonds. The van der Waals surface area contributed by atoms with Gasteiger partial charge >= 0.3 is 0 Å². The average Bonchev–Trinajstić information content (AvgIpc) is 2.75. The Hall–Kier alpha value is -2.02. The highest BCUT2D eigenvalue weighted by Crippen LogP contribution is 2.35. The molecule has 1 aromatic carbocycles. The van der Waals surface area contributed by atoms with Crippen molar-refractivity contribution in [3.05, 3.63) is 23.8 Å². The molecule has 1 N–H and O–H groups in total. The summed E-state index contributed by atoms with van der Waals surface area (Å²) >= 11 is 0. The van der Waals surface area contributed by atoms with Gasteiger partial charge < -0.3 is 10.2 Å². The smallest absolute Gasteiger partial charge is 0.243 e. The molecule has 0 spiro atoms. The van der Waals surface area contributed by atoms with Gasteiger partial charge in [0.15, 0.2) is 0 Å². The zero-order valence-electron chi connectivity index (χ0n) is 11.6. The fourth-order valence-corrected chi connectivity index (χ4v) is 3.27. The molecule has 1 saturated carbocycles. The molecule has 104 valence electrons. The van der Waals surface area contributed by atoms with Gasteiger partial charge in [0.05, 0.1) is 29.6 Å². The van der Waals surface area contributed by atoms with E-state index in [4.69, 9.17) is 5.26 Å². The molecule has 3 rings (SSSR count). The molecule has 0 radical (unpaired) electrons. The Morgan fingerprint density at radius 2 is 1.95 bits per heavy atom. The number of benzene rings is 1. The van der Waals surface area contributed by atoms with E-state index in [0.717, 1.165) is 24.2 Å². The molecular weight excluding hydrogens is 250 g/mol. The summed E-state index contributed by atoms with van der Waals surface area (Å²) in [6.07, 6.45) is 7.34. The third kappa shape index (κ3) is 2.49. The lowest BCUT2D eigenvalue weighted by molar-refractivity contribution is -0.115. The van der Waals surface area contributed by atoms with Crippen molar-refractivity contribution in [2.24, 2.45) is 0 Å². The van der Waals surface area contributed by atoms with Crippen LogP contribution in [0.5, 0.6) is 0 Å². The zero-order chi connectivity index (χ0) is 13.9. The summed E-state index contributed by atoms with van der Waals surface area (Å²) in [6, 6.07) is 8.12. The molecule has 0 bridgehead atoms. The van der Waals surface area contributed by atoms with Crippen LogP contribution in [-0.4, -0.2) is 18.5 Å². The van der Waals surface area contributed by atoms with Crippen molar-refractivity contribution in [2.75, 3.05) is 16.8 Å². The summed E-state index contributed by atoms with van der Waals surface area (Å²) in [7, 11) is 0. The van der Waals surface area contributed by atoms with Crippen LogP contribution >= 0.6 is 0 Å². The van der Waals surface area contributed by atoms with E-state index in [1.807, 2.05) is 12.1 Å². The quantitative estimate of drug-likeness (QED) is 0.797. The molecule has 4 nitrogen and oxygen atoms in total. The first kappa shape index (κ1) is 13.0. The van der Waals surface area contributed by atoms with E-state index in [9.17, 15) is 4.79 Å². The lowest BCUT2D eigenvalue weighted by Gasteiger charge is -2.37. The van der Waals surface area contributed by atoms with Crippen molar-refractivity contribution in [3.63, 3.8) is 0 Å². The van der Waals surface area contributed by atoms with E-state index in [1.54, 1.807) is 6.07 Å². The monoisotopic (exact) mass is 269 g/mol. The highest BCUT2D eigenvalue weighted by Gasteiger charge is 2.28. The maximum Gasteiger partial charge on any atom is 0.243 e. The van der Waals surface area contributed by atoms with E-state index in [-0.39, 0.29) is 5.91 Å². The predicted molar refractivity (Wildman–Crippen MR) is 78.6 cm³/mol. The Balaban J connectivity index is 1.95. The van der Waals surface area contributed by atoms with Gasteiger partial charge in [-0.05, 0) is 31.0 Å². The van der Waals surface area contributed by atoms with E-state index in [1.165, 1.54) is 25.7 Å². The molecule has 0 unspecified atom stereocenters. The molecule has 0 aromatic heterocycles. The molecule has 1 aliphatic heterocycles. The zero-order valence-corrected chi connectivity index (χ0v) is 11.6. The third-order valence-electron chi connectivity index (χ3n) is 4.29. The molecule has 2 aliphatic rings. The highest BCUT2D eigenvalue weighted by atomic mass is 16.2. The van der Waals surface area contributed by atoms with Crippen molar-refractivity contribution in [3.8, 4) is 6.07 Å². The first-order valence-corrected chi connectivity index (χ1v) is 7.38. The van der Waals surface area contributed by atoms with Gasteiger partial charge in [0.1, 0.15) is 0 Å². The number of amides is 1. The van der Waals surface area contributed by atoms with Crippen LogP contribution in [0.15, 0.2) is 18.2 Å². The summed E-state index contributed by atoms with van der Waals surface area (Å²) < 4.78 is 0. The number of fused-ring (bicyclic) bond motifs is 1. The van der Waals surface area contributed by atoms with Gasteiger partial charge in [0.2, 0.25) is 5.91 Å². The lowest BCUT2D eigenvalue weighted by atomic mass is 10.0. The summed E-state index contributed by atoms with van der Waals surface area (Å²) in [5.74, 6) is 0.0476. The van der Waals surface area contributed by atoms with Crippen molar-refractivity contribution in [2.45, 2.75) is 44.6 Å². The van der Waals surface area contributed by atoms with Crippen LogP contribution < -0.4 is 10.2 Å². The number of rotatable bonds is 1. The second-order valence-electron chi connectivity index (χ2n) is 5.67. The number of carbonyl (C=O) groups is 1. The third-order valence-corrected chi connectivity index (χ3v) is 4.29. The maximum atomic E-state index is 11.9. The average molecular weight is 269 g/mol. The van der Waals surface area contributed by atoms with Crippen LogP contribution in [-0.2, 0) is 4.79 Å². The summed E-state index contributed by atoms with van der Waals surface area (Å²) in [4.78, 5) is 14.1. The van der Waals surface area contributed by atoms with Crippen molar-refractivity contribution in [1.82, 2.24) is 0 Å². The largest absolute Gasteiger partial charge is 0.358 e. The number of carbonyl (C=O) groups excluding carboxylic acids is 1. The van der Waals surface area contributed by atoms with Crippen LogP contribution in [0.1, 0.15) is 44.1 Å². The normalized spacial score (nSPS) is 19.8. The fraction of sp³-hybridized carbons (Fsp3) is 0.500. The van der Waals surface area contributed by atoms with E-state index in [2.05, 4.69) is 16.3 Å². The predicted octanol–water partition coefficient (Wildman–Crippen LogP) is 3.04. The fourth-order valence-electron chi connectivity index (χ4n) is 3.27. The molecule has 1 aliphatic carbocycles. The number of hydrogen-bond acceptors (Lipinski definition) is 3. The molecular formula is C16H19N3O. The van der Waals surface area contributed by atoms with Gasteiger partial charge in [0, 0.05) is 6.04 Å². The Kier molecular flexibility index (Phi) is 3.60. The van der Waals surface area contributed by atoms with Gasteiger partial charge in [-0.1, -0.05) is 25.7 Å². The molecule has 1 fully saturated rings. The van der Waals surface area contributed by atoms with Crippen LogP contribution in [0.3, 0.4) is 0 Å². The second kappa shape index (κ2) is 5.54. The number of nitriles is 1. The molecule has 0 saturated heterocycles. The Morgan fingerprint density at radius 3 is 2.65 bits per heavy atom. The van der Waals surface area contributed by atoms with Crippen LogP contribution in [0.2, 0.25) is 0 Å². The first-order chi connectivity index (χ1) is 9.78. The van der Waals surface area contributed by atoms with Crippen LogP contribution in [0.25, 0.3) is 0 Å². The van der Waals surface area contributed by atoms with Gasteiger partial charge in [-0.2, -0.15) is 5.26 Å². The number of anilines is 2. The molecule has 1 aromatic rings. The molecule has 4 heteroatoms. The SMILES string of the molecule is N#Cc1ccc2c(c1)N(C1CCCCCC1)CC(=O)N2.